The van der Waals surface area contributed by atoms with Crippen molar-refractivity contribution in [1.82, 2.24) is 10.6 Å². The molecule has 0 spiro atoms. The number of piperidine rings is 1. The van der Waals surface area contributed by atoms with E-state index >= 15 is 0 Å². The molecular weight excluding hydrogens is 180 g/mol. The Morgan fingerprint density at radius 1 is 1.64 bits per heavy atom. The molecule has 4 nitrogen and oxygen atoms in total. The lowest BCUT2D eigenvalue weighted by atomic mass is 9.95. The number of carbonyl (C=O) groups excluding carboxylic acids is 1. The van der Waals surface area contributed by atoms with Crippen LogP contribution in [0.1, 0.15) is 19.8 Å². The summed E-state index contributed by atoms with van der Waals surface area (Å²) >= 11 is 0. The first kappa shape index (κ1) is 11.5. The van der Waals surface area contributed by atoms with Crippen LogP contribution >= 0.6 is 0 Å². The van der Waals surface area contributed by atoms with Crippen molar-refractivity contribution in [3.63, 3.8) is 0 Å². The second-order valence-electron chi connectivity index (χ2n) is 3.89. The zero-order chi connectivity index (χ0) is 10.4. The van der Waals surface area contributed by atoms with Gasteiger partial charge in [-0.3, -0.25) is 4.79 Å². The molecule has 0 saturated carbocycles. The zero-order valence-electron chi connectivity index (χ0n) is 9.01. The molecule has 1 aliphatic heterocycles. The minimum atomic E-state index is 0.0902. The quantitative estimate of drug-likeness (QED) is 0.678. The fourth-order valence-corrected chi connectivity index (χ4v) is 1.66. The van der Waals surface area contributed by atoms with Crippen molar-refractivity contribution in [2.75, 3.05) is 26.8 Å². The number of hydrogen-bond acceptors (Lipinski definition) is 3. The summed E-state index contributed by atoms with van der Waals surface area (Å²) in [6.07, 6.45) is 1.59. The number of hydrogen-bond donors (Lipinski definition) is 2. The summed E-state index contributed by atoms with van der Waals surface area (Å²) in [4.78, 5) is 11.4. The van der Waals surface area contributed by atoms with Crippen LogP contribution in [-0.4, -0.2) is 38.8 Å². The van der Waals surface area contributed by atoms with E-state index in [2.05, 4.69) is 17.6 Å². The fourth-order valence-electron chi connectivity index (χ4n) is 1.66. The Balaban J connectivity index is 2.23. The summed E-state index contributed by atoms with van der Waals surface area (Å²) in [5.41, 5.74) is 0. The molecule has 1 fully saturated rings. The van der Waals surface area contributed by atoms with Gasteiger partial charge < -0.3 is 15.4 Å². The maximum absolute atomic E-state index is 11.4. The molecule has 4 heteroatoms. The van der Waals surface area contributed by atoms with Gasteiger partial charge in [0.2, 0.25) is 5.91 Å². The fraction of sp³-hybridized carbons (Fsp3) is 0.900. The van der Waals surface area contributed by atoms with Gasteiger partial charge >= 0.3 is 0 Å². The Morgan fingerprint density at radius 2 is 2.43 bits per heavy atom. The van der Waals surface area contributed by atoms with Crippen LogP contribution in [0.5, 0.6) is 0 Å². The summed E-state index contributed by atoms with van der Waals surface area (Å²) in [6.45, 7) is 4.63. The van der Waals surface area contributed by atoms with E-state index in [4.69, 9.17) is 4.74 Å². The van der Waals surface area contributed by atoms with E-state index < -0.39 is 0 Å². The van der Waals surface area contributed by atoms with Crippen molar-refractivity contribution in [1.29, 1.82) is 0 Å². The highest BCUT2D eigenvalue weighted by molar-refractivity contribution is 5.76. The van der Waals surface area contributed by atoms with Crippen LogP contribution in [0.2, 0.25) is 0 Å². The van der Waals surface area contributed by atoms with E-state index in [1.807, 2.05) is 0 Å². The first-order valence-corrected chi connectivity index (χ1v) is 5.23. The topological polar surface area (TPSA) is 50.4 Å². The Morgan fingerprint density at radius 3 is 3.07 bits per heavy atom. The summed E-state index contributed by atoms with van der Waals surface area (Å²) in [7, 11) is 1.61. The van der Waals surface area contributed by atoms with Gasteiger partial charge in [0.05, 0.1) is 6.61 Å². The lowest BCUT2D eigenvalue weighted by Gasteiger charge is -2.30. The van der Waals surface area contributed by atoms with Crippen molar-refractivity contribution >= 4 is 5.91 Å². The smallest absolute Gasteiger partial charge is 0.222 e. The third kappa shape index (κ3) is 3.64. The highest BCUT2D eigenvalue weighted by Crippen LogP contribution is 2.10. The van der Waals surface area contributed by atoms with E-state index in [1.165, 1.54) is 0 Å². The summed E-state index contributed by atoms with van der Waals surface area (Å²) < 4.78 is 4.85. The van der Waals surface area contributed by atoms with Crippen LogP contribution in [0.3, 0.4) is 0 Å². The monoisotopic (exact) mass is 200 g/mol. The molecule has 1 aliphatic rings. The molecule has 1 amide bonds. The molecule has 1 heterocycles. The first-order chi connectivity index (χ1) is 6.74. The maximum Gasteiger partial charge on any atom is 0.222 e. The number of methoxy groups -OCH3 is 1. The maximum atomic E-state index is 11.4. The van der Waals surface area contributed by atoms with Gasteiger partial charge in [-0.05, 0) is 18.9 Å². The lowest BCUT2D eigenvalue weighted by Crippen LogP contribution is -2.50. The van der Waals surface area contributed by atoms with Gasteiger partial charge in [-0.1, -0.05) is 6.92 Å². The second kappa shape index (κ2) is 5.98. The minimum absolute atomic E-state index is 0.0902. The Labute approximate surface area is 85.4 Å². The Kier molecular flexibility index (Phi) is 4.90. The molecule has 0 aromatic rings. The van der Waals surface area contributed by atoms with Crippen LogP contribution < -0.4 is 10.6 Å². The molecule has 2 N–H and O–H groups in total. The predicted molar refractivity (Wildman–Crippen MR) is 55.1 cm³/mol. The zero-order valence-corrected chi connectivity index (χ0v) is 9.01. The van der Waals surface area contributed by atoms with Crippen LogP contribution in [0.25, 0.3) is 0 Å². The molecule has 0 aliphatic carbocycles. The summed E-state index contributed by atoms with van der Waals surface area (Å²) in [5, 5.41) is 6.30. The van der Waals surface area contributed by atoms with E-state index in [-0.39, 0.29) is 11.9 Å². The van der Waals surface area contributed by atoms with Crippen LogP contribution in [0, 0.1) is 5.92 Å². The van der Waals surface area contributed by atoms with E-state index in [0.29, 0.717) is 18.9 Å². The molecule has 1 saturated heterocycles. The van der Waals surface area contributed by atoms with Gasteiger partial charge in [-0.25, -0.2) is 0 Å². The minimum Gasteiger partial charge on any atom is -0.384 e. The standard InChI is InChI=1S/C10H20N2O2/c1-8-3-5-11-7-9(8)12-10(13)4-6-14-2/h8-9,11H,3-7H2,1-2H3,(H,12,13). The molecule has 0 aromatic carbocycles. The number of rotatable bonds is 4. The first-order valence-electron chi connectivity index (χ1n) is 5.23. The van der Waals surface area contributed by atoms with Gasteiger partial charge in [0.1, 0.15) is 0 Å². The molecule has 0 radical (unpaired) electrons. The molecule has 1 rings (SSSR count). The Hall–Kier alpha value is -0.610. The van der Waals surface area contributed by atoms with Crippen LogP contribution in [0.4, 0.5) is 0 Å². The molecule has 2 unspecified atom stereocenters. The van der Waals surface area contributed by atoms with E-state index in [0.717, 1.165) is 19.5 Å². The SMILES string of the molecule is COCCC(=O)NC1CNCCC1C. The van der Waals surface area contributed by atoms with Gasteiger partial charge in [-0.2, -0.15) is 0 Å². The van der Waals surface area contributed by atoms with Crippen molar-refractivity contribution in [2.45, 2.75) is 25.8 Å². The summed E-state index contributed by atoms with van der Waals surface area (Å²) in [6, 6.07) is 0.285. The highest BCUT2D eigenvalue weighted by Gasteiger charge is 2.21. The molecule has 2 atom stereocenters. The molecule has 0 bridgehead atoms. The number of carbonyl (C=O) groups is 1. The van der Waals surface area contributed by atoms with Crippen molar-refractivity contribution in [3.8, 4) is 0 Å². The normalized spacial score (nSPS) is 27.3. The average Bonchev–Trinajstić information content (AvgIpc) is 2.18. The third-order valence-electron chi connectivity index (χ3n) is 2.71. The van der Waals surface area contributed by atoms with E-state index in [9.17, 15) is 4.79 Å². The Bertz CT molecular complexity index is 185. The second-order valence-corrected chi connectivity index (χ2v) is 3.89. The molecule has 82 valence electrons. The number of nitrogens with one attached hydrogen (secondary N) is 2. The highest BCUT2D eigenvalue weighted by atomic mass is 16.5. The van der Waals surface area contributed by atoms with Gasteiger partial charge in [0.15, 0.2) is 0 Å². The van der Waals surface area contributed by atoms with Crippen LogP contribution in [-0.2, 0) is 9.53 Å². The van der Waals surface area contributed by atoms with Crippen molar-refractivity contribution in [3.05, 3.63) is 0 Å². The van der Waals surface area contributed by atoms with E-state index in [1.54, 1.807) is 7.11 Å². The predicted octanol–water partition coefficient (Wildman–Crippen LogP) is 0.137. The number of ether oxygens (including phenoxy) is 1. The lowest BCUT2D eigenvalue weighted by molar-refractivity contribution is -0.123. The average molecular weight is 200 g/mol. The van der Waals surface area contributed by atoms with Gasteiger partial charge in [-0.15, -0.1) is 0 Å². The van der Waals surface area contributed by atoms with Crippen LogP contribution in [0.15, 0.2) is 0 Å². The van der Waals surface area contributed by atoms with Crippen molar-refractivity contribution < 1.29 is 9.53 Å². The molecule has 0 aromatic heterocycles. The van der Waals surface area contributed by atoms with Crippen molar-refractivity contribution in [2.24, 2.45) is 5.92 Å². The molecular formula is C10H20N2O2. The summed E-state index contributed by atoms with van der Waals surface area (Å²) in [5.74, 6) is 0.662. The molecule has 14 heavy (non-hydrogen) atoms. The van der Waals surface area contributed by atoms with Gasteiger partial charge in [0.25, 0.3) is 0 Å². The number of amides is 1. The third-order valence-corrected chi connectivity index (χ3v) is 2.71. The largest absolute Gasteiger partial charge is 0.384 e. The van der Waals surface area contributed by atoms with Gasteiger partial charge in [0, 0.05) is 26.1 Å².